The minimum Gasteiger partial charge on any atom is -0.550 e. The molecule has 0 spiro atoms. The van der Waals surface area contributed by atoms with Crippen molar-refractivity contribution in [2.75, 3.05) is 13.7 Å². The van der Waals surface area contributed by atoms with Gasteiger partial charge in [-0.25, -0.2) is 4.79 Å². The molecule has 0 saturated carbocycles. The third kappa shape index (κ3) is 10.2. The Morgan fingerprint density at radius 2 is 2.07 bits per heavy atom. The second kappa shape index (κ2) is 9.66. The van der Waals surface area contributed by atoms with E-state index >= 15 is 0 Å². The Hall–Kier alpha value is 0.116. The fraction of sp³-hybridized carbons (Fsp3) is 0.500. The van der Waals surface area contributed by atoms with Gasteiger partial charge in [0.1, 0.15) is 0 Å². The van der Waals surface area contributed by atoms with Crippen molar-refractivity contribution < 1.29 is 70.8 Å². The van der Waals surface area contributed by atoms with Gasteiger partial charge in [-0.2, -0.15) is 0 Å². The number of carbonyl (C=O) groups is 2. The largest absolute Gasteiger partial charge is 1.00 e. The molecule has 0 aliphatic rings. The van der Waals surface area contributed by atoms with Crippen LogP contribution >= 0.6 is 0 Å². The third-order valence-electron chi connectivity index (χ3n) is 1.27. The summed E-state index contributed by atoms with van der Waals surface area (Å²) in [5.74, 6) is -1.60. The summed E-state index contributed by atoms with van der Waals surface area (Å²) >= 11 is 0. The second-order valence-electron chi connectivity index (χ2n) is 2.40. The van der Waals surface area contributed by atoms with Gasteiger partial charge in [-0.05, 0) is 6.92 Å². The smallest absolute Gasteiger partial charge is 0.550 e. The van der Waals surface area contributed by atoms with Gasteiger partial charge in [0, 0.05) is 30.7 Å². The Balaban J connectivity index is 0. The fourth-order valence-electron chi connectivity index (χ4n) is 0.648. The maximum absolute atomic E-state index is 10.7. The molecule has 0 fully saturated rings. The van der Waals surface area contributed by atoms with E-state index in [1.807, 2.05) is 0 Å². The second-order valence-corrected chi connectivity index (χ2v) is 2.40. The third-order valence-corrected chi connectivity index (χ3v) is 1.27. The van der Waals surface area contributed by atoms with E-state index < -0.39 is 11.9 Å². The van der Waals surface area contributed by atoms with Crippen molar-refractivity contribution in [3.8, 4) is 0 Å². The van der Waals surface area contributed by atoms with Crippen LogP contribution in [-0.4, -0.2) is 25.6 Å². The van der Waals surface area contributed by atoms with E-state index in [0.717, 1.165) is 0 Å². The standard InChI is InChI=1S/C8H13NO4.K/c1-6(5-8(12)13-2)9-4-3-7(10)11;/h5,9H,3-4H2,1-2H3,(H,10,11);/q;+1/p-1. The number of nitrogens with one attached hydrogen (secondary N) is 1. The molecule has 0 aliphatic carbocycles. The monoisotopic (exact) mass is 225 g/mol. The zero-order valence-electron chi connectivity index (χ0n) is 8.62. The van der Waals surface area contributed by atoms with E-state index in [1.165, 1.54) is 13.2 Å². The number of hydrogen-bond acceptors (Lipinski definition) is 5. The van der Waals surface area contributed by atoms with Crippen LogP contribution in [0, 0.1) is 0 Å². The molecule has 0 aliphatic heterocycles. The topological polar surface area (TPSA) is 78.5 Å². The first kappa shape index (κ1) is 16.5. The summed E-state index contributed by atoms with van der Waals surface area (Å²) in [6, 6.07) is 0. The molecule has 0 amide bonds. The van der Waals surface area contributed by atoms with Crippen LogP contribution in [0.5, 0.6) is 0 Å². The SMILES string of the molecule is COC(=O)C=C(C)NCCC(=O)[O-].[K+]. The minimum atomic E-state index is -1.13. The van der Waals surface area contributed by atoms with Gasteiger partial charge in [0.25, 0.3) is 0 Å². The van der Waals surface area contributed by atoms with Crippen molar-refractivity contribution in [1.82, 2.24) is 5.32 Å². The van der Waals surface area contributed by atoms with Crippen molar-refractivity contribution in [3.05, 3.63) is 11.8 Å². The van der Waals surface area contributed by atoms with Gasteiger partial charge in [0.2, 0.25) is 0 Å². The number of esters is 1. The molecule has 74 valence electrons. The summed E-state index contributed by atoms with van der Waals surface area (Å²) in [7, 11) is 1.27. The van der Waals surface area contributed by atoms with Crippen LogP contribution in [0.4, 0.5) is 0 Å². The van der Waals surface area contributed by atoms with Crippen LogP contribution in [0.3, 0.4) is 0 Å². The first-order valence-electron chi connectivity index (χ1n) is 3.76. The number of carbonyl (C=O) groups excluding carboxylic acids is 2. The summed E-state index contributed by atoms with van der Waals surface area (Å²) in [5, 5.41) is 12.7. The number of allylic oxidation sites excluding steroid dienone is 1. The van der Waals surface area contributed by atoms with Gasteiger partial charge in [-0.15, -0.1) is 0 Å². The Kier molecular flexibility index (Phi) is 11.4. The Morgan fingerprint density at radius 3 is 2.50 bits per heavy atom. The predicted octanol–water partition coefficient (Wildman–Crippen LogP) is -4.20. The summed E-state index contributed by atoms with van der Waals surface area (Å²) in [5.41, 5.74) is 0.563. The molecule has 5 nitrogen and oxygen atoms in total. The van der Waals surface area contributed by atoms with Crippen LogP contribution in [0.2, 0.25) is 0 Å². The van der Waals surface area contributed by atoms with E-state index in [1.54, 1.807) is 6.92 Å². The summed E-state index contributed by atoms with van der Waals surface area (Å²) in [6.07, 6.45) is 1.15. The average molecular weight is 225 g/mol. The van der Waals surface area contributed by atoms with Gasteiger partial charge >= 0.3 is 57.4 Å². The van der Waals surface area contributed by atoms with Gasteiger partial charge in [-0.3, -0.25) is 0 Å². The summed E-state index contributed by atoms with van der Waals surface area (Å²) < 4.78 is 4.36. The molecular weight excluding hydrogens is 213 g/mol. The molecule has 0 radical (unpaired) electrons. The quantitative estimate of drug-likeness (QED) is 0.291. The molecule has 0 rings (SSSR count). The maximum Gasteiger partial charge on any atom is 1.00 e. The van der Waals surface area contributed by atoms with Crippen LogP contribution in [0.15, 0.2) is 11.8 Å². The molecule has 0 bridgehead atoms. The van der Waals surface area contributed by atoms with E-state index in [4.69, 9.17) is 0 Å². The first-order valence-corrected chi connectivity index (χ1v) is 3.76. The number of hydrogen-bond donors (Lipinski definition) is 1. The van der Waals surface area contributed by atoms with Crippen molar-refractivity contribution in [3.63, 3.8) is 0 Å². The molecule has 0 atom stereocenters. The normalized spacial score (nSPS) is 10.0. The Bertz CT molecular complexity index is 227. The molecule has 0 saturated heterocycles. The van der Waals surface area contributed by atoms with Gasteiger partial charge < -0.3 is 20.0 Å². The Morgan fingerprint density at radius 1 is 1.50 bits per heavy atom. The number of aliphatic carboxylic acids is 1. The molecule has 1 N–H and O–H groups in total. The molecule has 0 heterocycles. The first-order chi connectivity index (χ1) is 6.06. The number of ether oxygens (including phenoxy) is 1. The van der Waals surface area contributed by atoms with Crippen LogP contribution in [0.25, 0.3) is 0 Å². The zero-order valence-corrected chi connectivity index (χ0v) is 11.7. The number of carboxylic acid groups (broad SMARTS) is 1. The van der Waals surface area contributed by atoms with Crippen molar-refractivity contribution in [2.24, 2.45) is 0 Å². The zero-order chi connectivity index (χ0) is 10.3. The summed E-state index contributed by atoms with van der Waals surface area (Å²) in [4.78, 5) is 20.6. The average Bonchev–Trinajstić information content (AvgIpc) is 2.03. The molecule has 0 aromatic carbocycles. The molecular formula is C8H12KNO4. The van der Waals surface area contributed by atoms with Gasteiger partial charge in [-0.1, -0.05) is 0 Å². The number of carboxylic acids is 1. The van der Waals surface area contributed by atoms with E-state index in [-0.39, 0.29) is 64.4 Å². The van der Waals surface area contributed by atoms with Crippen molar-refractivity contribution in [2.45, 2.75) is 13.3 Å². The van der Waals surface area contributed by atoms with Crippen LogP contribution in [-0.2, 0) is 14.3 Å². The maximum atomic E-state index is 10.7. The molecule has 0 unspecified atom stereocenters. The summed E-state index contributed by atoms with van der Waals surface area (Å²) in [6.45, 7) is 1.88. The van der Waals surface area contributed by atoms with Crippen LogP contribution < -0.4 is 61.8 Å². The molecule has 0 aromatic heterocycles. The predicted molar refractivity (Wildman–Crippen MR) is 43.4 cm³/mol. The number of rotatable bonds is 5. The Labute approximate surface area is 125 Å². The van der Waals surface area contributed by atoms with E-state index in [0.29, 0.717) is 5.70 Å². The molecule has 6 heteroatoms. The van der Waals surface area contributed by atoms with Crippen molar-refractivity contribution in [1.29, 1.82) is 0 Å². The molecule has 0 aromatic rings. The number of methoxy groups -OCH3 is 1. The molecule has 14 heavy (non-hydrogen) atoms. The van der Waals surface area contributed by atoms with E-state index in [2.05, 4.69) is 10.1 Å². The van der Waals surface area contributed by atoms with Crippen molar-refractivity contribution >= 4 is 11.9 Å². The minimum absolute atomic E-state index is 0. The van der Waals surface area contributed by atoms with Crippen LogP contribution in [0.1, 0.15) is 13.3 Å². The van der Waals surface area contributed by atoms with Gasteiger partial charge in [0.05, 0.1) is 7.11 Å². The van der Waals surface area contributed by atoms with Gasteiger partial charge in [0.15, 0.2) is 0 Å². The van der Waals surface area contributed by atoms with E-state index in [9.17, 15) is 14.7 Å². The fourth-order valence-corrected chi connectivity index (χ4v) is 0.648.